The summed E-state index contributed by atoms with van der Waals surface area (Å²) < 4.78 is 0. The van der Waals surface area contributed by atoms with Crippen molar-refractivity contribution in [2.24, 2.45) is 17.8 Å². The van der Waals surface area contributed by atoms with E-state index < -0.39 is 0 Å². The summed E-state index contributed by atoms with van der Waals surface area (Å²) in [7, 11) is 0. The van der Waals surface area contributed by atoms with Crippen molar-refractivity contribution >= 4 is 11.7 Å². The van der Waals surface area contributed by atoms with Crippen LogP contribution in [0.15, 0.2) is 24.3 Å². The molecule has 3 nitrogen and oxygen atoms in total. The van der Waals surface area contributed by atoms with Gasteiger partial charge in [-0.05, 0) is 80.4 Å². The highest BCUT2D eigenvalue weighted by molar-refractivity contribution is 5.89. The average molecular weight is 298 g/mol. The number of nitrogens with one attached hydrogen (secondary N) is 2. The number of carbonyl (C=O) groups is 1. The Morgan fingerprint density at radius 1 is 1.05 bits per heavy atom. The Bertz CT molecular complexity index is 528. The molecule has 4 aliphatic carbocycles. The predicted molar refractivity (Wildman–Crippen MR) is 88.9 cm³/mol. The molecule has 0 atom stereocenters. The number of anilines is 1. The molecule has 4 saturated carbocycles. The largest absolute Gasteiger partial charge is 0.332 e. The topological polar surface area (TPSA) is 41.1 Å². The lowest BCUT2D eigenvalue weighted by Gasteiger charge is -2.56. The van der Waals surface area contributed by atoms with Gasteiger partial charge in [-0.2, -0.15) is 0 Å². The first kappa shape index (κ1) is 14.1. The van der Waals surface area contributed by atoms with Crippen molar-refractivity contribution in [3.8, 4) is 0 Å². The molecule has 0 saturated heterocycles. The van der Waals surface area contributed by atoms with Crippen LogP contribution in [0, 0.1) is 17.8 Å². The average Bonchev–Trinajstić information content (AvgIpc) is 2.45. The van der Waals surface area contributed by atoms with Crippen molar-refractivity contribution in [1.82, 2.24) is 5.32 Å². The van der Waals surface area contributed by atoms with E-state index in [-0.39, 0.29) is 11.6 Å². The number of hydrogen-bond acceptors (Lipinski definition) is 1. The zero-order chi connectivity index (χ0) is 15.2. The Morgan fingerprint density at radius 2 is 1.59 bits per heavy atom. The van der Waals surface area contributed by atoms with Crippen molar-refractivity contribution in [2.45, 2.75) is 57.4 Å². The molecule has 0 heterocycles. The summed E-state index contributed by atoms with van der Waals surface area (Å²) in [6.07, 6.45) is 8.83. The first-order valence-electron chi connectivity index (χ1n) is 8.82. The molecule has 1 aromatic carbocycles. The van der Waals surface area contributed by atoms with E-state index in [0.717, 1.165) is 29.9 Å². The zero-order valence-electron chi connectivity index (χ0n) is 13.4. The fourth-order valence-corrected chi connectivity index (χ4v) is 5.49. The van der Waals surface area contributed by atoms with Crippen LogP contribution in [0.3, 0.4) is 0 Å². The number of hydrogen-bond donors (Lipinski definition) is 2. The molecule has 1 aromatic rings. The number of benzene rings is 1. The van der Waals surface area contributed by atoms with E-state index in [2.05, 4.69) is 29.7 Å². The Morgan fingerprint density at radius 3 is 2.09 bits per heavy atom. The van der Waals surface area contributed by atoms with Crippen LogP contribution in [0.2, 0.25) is 0 Å². The molecule has 0 spiro atoms. The molecule has 3 heteroatoms. The molecule has 0 aliphatic heterocycles. The molecule has 22 heavy (non-hydrogen) atoms. The van der Waals surface area contributed by atoms with Crippen LogP contribution in [0.25, 0.3) is 0 Å². The van der Waals surface area contributed by atoms with E-state index in [0.29, 0.717) is 0 Å². The highest BCUT2D eigenvalue weighted by Crippen LogP contribution is 2.55. The number of rotatable bonds is 3. The summed E-state index contributed by atoms with van der Waals surface area (Å²) in [6, 6.07) is 8.14. The fourth-order valence-electron chi connectivity index (χ4n) is 5.49. The molecule has 118 valence electrons. The van der Waals surface area contributed by atoms with Crippen LogP contribution in [-0.2, 0) is 6.42 Å². The van der Waals surface area contributed by atoms with E-state index in [9.17, 15) is 4.79 Å². The highest BCUT2D eigenvalue weighted by Gasteiger charge is 2.51. The van der Waals surface area contributed by atoms with Gasteiger partial charge in [0.15, 0.2) is 0 Å². The maximum atomic E-state index is 12.4. The highest BCUT2D eigenvalue weighted by atomic mass is 16.2. The van der Waals surface area contributed by atoms with Crippen molar-refractivity contribution in [1.29, 1.82) is 0 Å². The van der Waals surface area contributed by atoms with E-state index >= 15 is 0 Å². The lowest BCUT2D eigenvalue weighted by molar-refractivity contribution is -0.0127. The van der Waals surface area contributed by atoms with Crippen LogP contribution in [0.5, 0.6) is 0 Å². The van der Waals surface area contributed by atoms with E-state index in [1.54, 1.807) is 0 Å². The third kappa shape index (κ3) is 2.62. The third-order valence-electron chi connectivity index (χ3n) is 6.04. The maximum Gasteiger partial charge on any atom is 0.319 e. The lowest BCUT2D eigenvalue weighted by Crippen LogP contribution is -2.60. The molecule has 4 fully saturated rings. The monoisotopic (exact) mass is 298 g/mol. The molecule has 0 aromatic heterocycles. The predicted octanol–water partition coefficient (Wildman–Crippen LogP) is 4.34. The van der Waals surface area contributed by atoms with Gasteiger partial charge in [0.1, 0.15) is 0 Å². The standard InChI is InChI=1S/C19H26N2O/c1-2-13-3-5-17(6-4-13)20-18(22)21-19-10-14-7-15(11-19)9-16(8-14)12-19/h3-6,14-16H,2,7-12H2,1H3,(H2,20,21,22). The molecule has 4 bridgehead atoms. The quantitative estimate of drug-likeness (QED) is 0.856. The van der Waals surface area contributed by atoms with Gasteiger partial charge in [0, 0.05) is 11.2 Å². The molecule has 0 unspecified atom stereocenters. The number of aryl methyl sites for hydroxylation is 1. The summed E-state index contributed by atoms with van der Waals surface area (Å²) in [5, 5.41) is 6.37. The van der Waals surface area contributed by atoms with Gasteiger partial charge >= 0.3 is 6.03 Å². The molecule has 2 amide bonds. The maximum absolute atomic E-state index is 12.4. The normalized spacial score (nSPS) is 35.4. The minimum Gasteiger partial charge on any atom is -0.332 e. The summed E-state index contributed by atoms with van der Waals surface area (Å²) in [6.45, 7) is 2.14. The van der Waals surface area contributed by atoms with Gasteiger partial charge in [0.05, 0.1) is 0 Å². The fraction of sp³-hybridized carbons (Fsp3) is 0.632. The van der Waals surface area contributed by atoms with Gasteiger partial charge in [-0.1, -0.05) is 19.1 Å². The van der Waals surface area contributed by atoms with Gasteiger partial charge < -0.3 is 10.6 Å². The zero-order valence-corrected chi connectivity index (χ0v) is 13.4. The lowest BCUT2D eigenvalue weighted by atomic mass is 9.53. The summed E-state index contributed by atoms with van der Waals surface area (Å²) >= 11 is 0. The van der Waals surface area contributed by atoms with Crippen LogP contribution in [0.1, 0.15) is 51.0 Å². The molecular formula is C19H26N2O. The molecular weight excluding hydrogens is 272 g/mol. The Hall–Kier alpha value is -1.51. The first-order chi connectivity index (χ1) is 10.6. The minimum absolute atomic E-state index is 0.0220. The third-order valence-corrected chi connectivity index (χ3v) is 6.04. The second-order valence-electron chi connectivity index (χ2n) is 7.83. The Balaban J connectivity index is 1.41. The summed E-state index contributed by atoms with van der Waals surface area (Å²) in [5.74, 6) is 2.57. The summed E-state index contributed by atoms with van der Waals surface area (Å²) in [5.41, 5.74) is 2.27. The second-order valence-corrected chi connectivity index (χ2v) is 7.83. The van der Waals surface area contributed by atoms with Crippen LogP contribution < -0.4 is 10.6 Å². The van der Waals surface area contributed by atoms with Gasteiger partial charge in [0.2, 0.25) is 0 Å². The van der Waals surface area contributed by atoms with Crippen LogP contribution in [-0.4, -0.2) is 11.6 Å². The Kier molecular flexibility index (Phi) is 3.39. The van der Waals surface area contributed by atoms with Gasteiger partial charge in [-0.15, -0.1) is 0 Å². The second kappa shape index (κ2) is 5.29. The van der Waals surface area contributed by atoms with Gasteiger partial charge in [-0.3, -0.25) is 0 Å². The van der Waals surface area contributed by atoms with E-state index in [1.165, 1.54) is 44.1 Å². The van der Waals surface area contributed by atoms with Gasteiger partial charge in [-0.25, -0.2) is 4.79 Å². The van der Waals surface area contributed by atoms with Crippen molar-refractivity contribution in [3.63, 3.8) is 0 Å². The minimum atomic E-state index is -0.0220. The van der Waals surface area contributed by atoms with Crippen molar-refractivity contribution in [3.05, 3.63) is 29.8 Å². The smallest absolute Gasteiger partial charge is 0.319 e. The Labute approximate surface area is 132 Å². The molecule has 5 rings (SSSR count). The van der Waals surface area contributed by atoms with Crippen LogP contribution in [0.4, 0.5) is 10.5 Å². The first-order valence-corrected chi connectivity index (χ1v) is 8.82. The van der Waals surface area contributed by atoms with E-state index in [4.69, 9.17) is 0 Å². The molecule has 4 aliphatic rings. The van der Waals surface area contributed by atoms with Crippen molar-refractivity contribution < 1.29 is 4.79 Å². The number of urea groups is 1. The number of amides is 2. The SMILES string of the molecule is CCc1ccc(NC(=O)NC23CC4CC(CC(C4)C2)C3)cc1. The van der Waals surface area contributed by atoms with Gasteiger partial charge in [0.25, 0.3) is 0 Å². The molecule has 0 radical (unpaired) electrons. The van der Waals surface area contributed by atoms with Crippen molar-refractivity contribution in [2.75, 3.05) is 5.32 Å². The van der Waals surface area contributed by atoms with E-state index in [1.807, 2.05) is 12.1 Å². The molecule has 2 N–H and O–H groups in total. The summed E-state index contributed by atoms with van der Waals surface area (Å²) in [4.78, 5) is 12.4. The van der Waals surface area contributed by atoms with Crippen LogP contribution >= 0.6 is 0 Å². The number of carbonyl (C=O) groups excluding carboxylic acids is 1.